The normalized spacial score (nSPS) is 11.5. The molecule has 0 aliphatic heterocycles. The highest BCUT2D eigenvalue weighted by Crippen LogP contribution is 2.24. The van der Waals surface area contributed by atoms with Crippen LogP contribution >= 0.6 is 0 Å². The quantitative estimate of drug-likeness (QED) is 0.409. The first-order chi connectivity index (χ1) is 14.1. The van der Waals surface area contributed by atoms with Gasteiger partial charge in [0.15, 0.2) is 0 Å². The number of hydrogen-bond donors (Lipinski definition) is 3. The molecule has 0 saturated carbocycles. The lowest BCUT2D eigenvalue weighted by molar-refractivity contribution is -0.124. The largest absolute Gasteiger partial charge is 0.345 e. The number of rotatable bonds is 8. The van der Waals surface area contributed by atoms with E-state index < -0.39 is 0 Å². The molecule has 0 spiro atoms. The number of carbonyl (C=O) groups is 3. The first-order valence-corrected chi connectivity index (χ1v) is 9.44. The third-order valence-corrected chi connectivity index (χ3v) is 4.79. The Morgan fingerprint density at radius 3 is 2.52 bits per heavy atom. The Labute approximate surface area is 169 Å². The summed E-state index contributed by atoms with van der Waals surface area (Å²) in [7, 11) is 0. The lowest BCUT2D eigenvalue weighted by atomic mass is 9.98. The van der Waals surface area contributed by atoms with Gasteiger partial charge in [0, 0.05) is 12.0 Å². The van der Waals surface area contributed by atoms with Crippen LogP contribution in [0.3, 0.4) is 0 Å². The number of nitrogens with one attached hydrogen (secondary N) is 3. The van der Waals surface area contributed by atoms with Gasteiger partial charge in [0.05, 0.1) is 6.04 Å². The molecule has 0 fully saturated rings. The highest BCUT2D eigenvalue weighted by molar-refractivity contribution is 5.96. The highest BCUT2D eigenvalue weighted by Gasteiger charge is 2.16. The van der Waals surface area contributed by atoms with Crippen molar-refractivity contribution < 1.29 is 14.4 Å². The maximum atomic E-state index is 12.9. The Kier molecular flexibility index (Phi) is 6.58. The molecule has 3 rings (SSSR count). The van der Waals surface area contributed by atoms with Crippen molar-refractivity contribution in [1.82, 2.24) is 16.2 Å². The number of amides is 3. The van der Waals surface area contributed by atoms with Crippen molar-refractivity contribution in [2.24, 2.45) is 0 Å². The molecule has 29 heavy (non-hydrogen) atoms. The number of fused-ring (bicyclic) bond motifs is 1. The average Bonchev–Trinajstić information content (AvgIpc) is 2.75. The van der Waals surface area contributed by atoms with Crippen molar-refractivity contribution >= 4 is 29.0 Å². The van der Waals surface area contributed by atoms with Crippen LogP contribution in [-0.4, -0.2) is 18.2 Å². The minimum absolute atomic E-state index is 0.157. The van der Waals surface area contributed by atoms with Gasteiger partial charge in [0.25, 0.3) is 5.91 Å². The average molecular weight is 389 g/mol. The Balaban J connectivity index is 1.73. The third kappa shape index (κ3) is 4.99. The molecular weight excluding hydrogens is 366 g/mol. The predicted molar refractivity (Wildman–Crippen MR) is 112 cm³/mol. The van der Waals surface area contributed by atoms with E-state index in [1.807, 2.05) is 61.5 Å². The molecule has 0 heterocycles. The lowest BCUT2D eigenvalue weighted by Crippen LogP contribution is -2.36. The number of benzene rings is 3. The topological polar surface area (TPSA) is 87.3 Å². The van der Waals surface area contributed by atoms with Gasteiger partial charge in [0.2, 0.25) is 12.3 Å². The fraction of sp³-hybridized carbons (Fsp3) is 0.174. The second-order valence-electron chi connectivity index (χ2n) is 6.73. The molecule has 0 bridgehead atoms. The molecule has 0 aliphatic rings. The first kappa shape index (κ1) is 20.1. The molecule has 3 N–H and O–H groups in total. The molecule has 1 unspecified atom stereocenters. The molecule has 3 amide bonds. The Morgan fingerprint density at radius 1 is 0.966 bits per heavy atom. The maximum absolute atomic E-state index is 12.9. The summed E-state index contributed by atoms with van der Waals surface area (Å²) in [6, 6.07) is 21.2. The van der Waals surface area contributed by atoms with E-state index in [2.05, 4.69) is 16.2 Å². The van der Waals surface area contributed by atoms with Gasteiger partial charge in [-0.05, 0) is 41.3 Å². The van der Waals surface area contributed by atoms with E-state index in [0.29, 0.717) is 18.4 Å². The van der Waals surface area contributed by atoms with Crippen LogP contribution in [0.25, 0.3) is 10.8 Å². The summed E-state index contributed by atoms with van der Waals surface area (Å²) in [5.74, 6) is -0.510. The summed E-state index contributed by atoms with van der Waals surface area (Å²) in [6.07, 6.45) is 0.941. The van der Waals surface area contributed by atoms with Crippen molar-refractivity contribution in [3.63, 3.8) is 0 Å². The molecule has 1 atom stereocenters. The fourth-order valence-corrected chi connectivity index (χ4v) is 3.36. The zero-order valence-corrected chi connectivity index (χ0v) is 16.1. The molecule has 6 heteroatoms. The SMILES string of the molecule is CC(NC(=O)c1ccccc1CCC(=O)NNC=O)c1cccc2ccccc12. The summed E-state index contributed by atoms with van der Waals surface area (Å²) in [6.45, 7) is 1.96. The van der Waals surface area contributed by atoms with Crippen LogP contribution in [0.15, 0.2) is 66.7 Å². The van der Waals surface area contributed by atoms with Crippen LogP contribution in [0.1, 0.15) is 40.9 Å². The second kappa shape index (κ2) is 9.50. The van der Waals surface area contributed by atoms with E-state index in [0.717, 1.165) is 21.9 Å². The maximum Gasteiger partial charge on any atom is 0.252 e. The van der Waals surface area contributed by atoms with Crippen molar-refractivity contribution in [3.05, 3.63) is 83.4 Å². The molecule has 0 aromatic heterocycles. The van der Waals surface area contributed by atoms with Crippen LogP contribution in [0.5, 0.6) is 0 Å². The molecule has 6 nitrogen and oxygen atoms in total. The third-order valence-electron chi connectivity index (χ3n) is 4.79. The van der Waals surface area contributed by atoms with Crippen LogP contribution in [0.2, 0.25) is 0 Å². The minimum Gasteiger partial charge on any atom is -0.345 e. The van der Waals surface area contributed by atoms with Gasteiger partial charge in [-0.2, -0.15) is 0 Å². The molecule has 0 saturated heterocycles. The first-order valence-electron chi connectivity index (χ1n) is 9.44. The predicted octanol–water partition coefficient (Wildman–Crippen LogP) is 3.04. The van der Waals surface area contributed by atoms with Gasteiger partial charge in [-0.3, -0.25) is 25.2 Å². The molecule has 148 valence electrons. The smallest absolute Gasteiger partial charge is 0.252 e. The highest BCUT2D eigenvalue weighted by atomic mass is 16.2. The van der Waals surface area contributed by atoms with Gasteiger partial charge in [0.1, 0.15) is 0 Å². The molecule has 3 aromatic rings. The van der Waals surface area contributed by atoms with E-state index >= 15 is 0 Å². The van der Waals surface area contributed by atoms with E-state index in [1.54, 1.807) is 12.1 Å². The Bertz CT molecular complexity index is 1030. The monoisotopic (exact) mass is 389 g/mol. The molecule has 0 radical (unpaired) electrons. The number of carbonyl (C=O) groups excluding carboxylic acids is 3. The van der Waals surface area contributed by atoms with Crippen molar-refractivity contribution in [2.45, 2.75) is 25.8 Å². The van der Waals surface area contributed by atoms with E-state index in [1.165, 1.54) is 0 Å². The van der Waals surface area contributed by atoms with Gasteiger partial charge < -0.3 is 5.32 Å². The van der Waals surface area contributed by atoms with Gasteiger partial charge in [-0.15, -0.1) is 0 Å². The van der Waals surface area contributed by atoms with Crippen LogP contribution in [0, 0.1) is 0 Å². The molecule has 3 aromatic carbocycles. The summed E-state index contributed by atoms with van der Waals surface area (Å²) < 4.78 is 0. The second-order valence-corrected chi connectivity index (χ2v) is 6.73. The van der Waals surface area contributed by atoms with Gasteiger partial charge in [-0.25, -0.2) is 0 Å². The number of aryl methyl sites for hydroxylation is 1. The molecule has 0 aliphatic carbocycles. The van der Waals surface area contributed by atoms with Crippen molar-refractivity contribution in [2.75, 3.05) is 0 Å². The van der Waals surface area contributed by atoms with Crippen molar-refractivity contribution in [3.8, 4) is 0 Å². The zero-order chi connectivity index (χ0) is 20.6. The summed E-state index contributed by atoms with van der Waals surface area (Å²) in [4.78, 5) is 34.9. The van der Waals surface area contributed by atoms with E-state index in [-0.39, 0.29) is 24.3 Å². The van der Waals surface area contributed by atoms with Gasteiger partial charge >= 0.3 is 0 Å². The van der Waals surface area contributed by atoms with E-state index in [4.69, 9.17) is 0 Å². The van der Waals surface area contributed by atoms with Crippen LogP contribution < -0.4 is 16.2 Å². The number of hydrogen-bond acceptors (Lipinski definition) is 3. The summed E-state index contributed by atoms with van der Waals surface area (Å²) in [5, 5.41) is 5.30. The van der Waals surface area contributed by atoms with Crippen LogP contribution in [0.4, 0.5) is 0 Å². The van der Waals surface area contributed by atoms with Crippen LogP contribution in [-0.2, 0) is 16.0 Å². The van der Waals surface area contributed by atoms with Gasteiger partial charge in [-0.1, -0.05) is 60.7 Å². The summed E-state index contributed by atoms with van der Waals surface area (Å²) >= 11 is 0. The fourth-order valence-electron chi connectivity index (χ4n) is 3.36. The summed E-state index contributed by atoms with van der Waals surface area (Å²) in [5.41, 5.74) is 6.75. The Morgan fingerprint density at radius 2 is 1.69 bits per heavy atom. The zero-order valence-electron chi connectivity index (χ0n) is 16.1. The van der Waals surface area contributed by atoms with E-state index in [9.17, 15) is 14.4 Å². The Hall–Kier alpha value is -3.67. The van der Waals surface area contributed by atoms with Crippen molar-refractivity contribution in [1.29, 1.82) is 0 Å². The minimum atomic E-state index is -0.323. The number of hydrazine groups is 1. The molecular formula is C23H23N3O3. The standard InChI is InChI=1S/C23H23N3O3/c1-16(19-12-6-9-17-7-2-4-10-20(17)19)25-23(29)21-11-5-3-8-18(21)13-14-22(28)26-24-15-27/h2-12,15-16H,13-14H2,1H3,(H,24,27)(H,25,29)(H,26,28). The lowest BCUT2D eigenvalue weighted by Gasteiger charge is -2.18.